The van der Waals surface area contributed by atoms with Gasteiger partial charge in [0.25, 0.3) is 0 Å². The number of hydrogen-bond donors (Lipinski definition) is 2. The third-order valence-electron chi connectivity index (χ3n) is 3.10. The average molecular weight is 289 g/mol. The smallest absolute Gasteiger partial charge is 0.387 e. The fourth-order valence-corrected chi connectivity index (χ4v) is 1.89. The highest BCUT2D eigenvalue weighted by Crippen LogP contribution is 2.29. The van der Waals surface area contributed by atoms with Crippen molar-refractivity contribution in [1.29, 1.82) is 0 Å². The van der Waals surface area contributed by atoms with Gasteiger partial charge in [0, 0.05) is 6.54 Å². The number of nitrogens with one attached hydrogen (secondary N) is 1. The van der Waals surface area contributed by atoms with Crippen LogP contribution in [-0.2, 0) is 6.18 Å². The molecule has 114 valence electrons. The minimum absolute atomic E-state index is 0.351. The summed E-state index contributed by atoms with van der Waals surface area (Å²) >= 11 is 0. The van der Waals surface area contributed by atoms with E-state index >= 15 is 0 Å². The SMILES string of the molecule is CC(C)CCCNCC(O)c1ccc(C(F)(F)F)cc1. The molecule has 2 N–H and O–H groups in total. The third-order valence-corrected chi connectivity index (χ3v) is 3.10. The van der Waals surface area contributed by atoms with Gasteiger partial charge in [0.15, 0.2) is 0 Å². The van der Waals surface area contributed by atoms with Gasteiger partial charge in [0.05, 0.1) is 11.7 Å². The quantitative estimate of drug-likeness (QED) is 0.749. The first-order chi connectivity index (χ1) is 9.30. The first kappa shape index (κ1) is 17.0. The molecule has 1 aromatic carbocycles. The molecule has 0 aromatic heterocycles. The highest BCUT2D eigenvalue weighted by atomic mass is 19.4. The van der Waals surface area contributed by atoms with E-state index in [0.717, 1.165) is 31.5 Å². The zero-order valence-electron chi connectivity index (χ0n) is 11.9. The van der Waals surface area contributed by atoms with Gasteiger partial charge in [-0.05, 0) is 43.0 Å². The molecule has 1 atom stereocenters. The van der Waals surface area contributed by atoms with Crippen molar-refractivity contribution < 1.29 is 18.3 Å². The summed E-state index contributed by atoms with van der Waals surface area (Å²) in [4.78, 5) is 0. The Bertz CT molecular complexity index is 387. The maximum atomic E-state index is 12.4. The molecular weight excluding hydrogens is 267 g/mol. The van der Waals surface area contributed by atoms with E-state index in [9.17, 15) is 18.3 Å². The molecule has 0 bridgehead atoms. The zero-order chi connectivity index (χ0) is 15.2. The van der Waals surface area contributed by atoms with Crippen molar-refractivity contribution >= 4 is 0 Å². The lowest BCUT2D eigenvalue weighted by molar-refractivity contribution is -0.137. The molecule has 0 radical (unpaired) electrons. The van der Waals surface area contributed by atoms with E-state index in [0.29, 0.717) is 18.0 Å². The predicted molar refractivity (Wildman–Crippen MR) is 73.3 cm³/mol. The summed E-state index contributed by atoms with van der Waals surface area (Å²) in [6.07, 6.45) is -2.98. The molecule has 0 aliphatic carbocycles. The Labute approximate surface area is 118 Å². The van der Waals surface area contributed by atoms with Crippen LogP contribution in [0.4, 0.5) is 13.2 Å². The van der Waals surface area contributed by atoms with Gasteiger partial charge in [0.1, 0.15) is 0 Å². The predicted octanol–water partition coefficient (Wildman–Crippen LogP) is 3.76. The first-order valence-electron chi connectivity index (χ1n) is 6.86. The normalized spacial score (nSPS) is 13.8. The largest absolute Gasteiger partial charge is 0.416 e. The second-order valence-electron chi connectivity index (χ2n) is 5.38. The van der Waals surface area contributed by atoms with Gasteiger partial charge in [-0.3, -0.25) is 0 Å². The fourth-order valence-electron chi connectivity index (χ4n) is 1.89. The molecular formula is C15H22F3NO. The summed E-state index contributed by atoms with van der Waals surface area (Å²) in [7, 11) is 0. The fraction of sp³-hybridized carbons (Fsp3) is 0.600. The van der Waals surface area contributed by atoms with Gasteiger partial charge in [-0.2, -0.15) is 13.2 Å². The second kappa shape index (κ2) is 7.64. The van der Waals surface area contributed by atoms with Gasteiger partial charge >= 0.3 is 6.18 Å². The van der Waals surface area contributed by atoms with E-state index in [1.54, 1.807) is 0 Å². The topological polar surface area (TPSA) is 32.3 Å². The summed E-state index contributed by atoms with van der Waals surface area (Å²) in [5, 5.41) is 13.0. The van der Waals surface area contributed by atoms with Crippen molar-refractivity contribution in [3.63, 3.8) is 0 Å². The molecule has 0 saturated heterocycles. The maximum Gasteiger partial charge on any atom is 0.416 e. The van der Waals surface area contributed by atoms with E-state index in [2.05, 4.69) is 19.2 Å². The van der Waals surface area contributed by atoms with Gasteiger partial charge in [-0.1, -0.05) is 26.0 Å². The van der Waals surface area contributed by atoms with Crippen LogP contribution in [0.5, 0.6) is 0 Å². The standard InChI is InChI=1S/C15H22F3NO/c1-11(2)4-3-9-19-10-14(20)12-5-7-13(8-6-12)15(16,17)18/h5-8,11,14,19-20H,3-4,9-10H2,1-2H3. The van der Waals surface area contributed by atoms with E-state index in [1.807, 2.05) is 0 Å². The monoisotopic (exact) mass is 289 g/mol. The van der Waals surface area contributed by atoms with Gasteiger partial charge < -0.3 is 10.4 Å². The third kappa shape index (κ3) is 5.92. The molecule has 0 heterocycles. The molecule has 1 aromatic rings. The molecule has 1 unspecified atom stereocenters. The van der Waals surface area contributed by atoms with Crippen LogP contribution in [0.1, 0.15) is 43.9 Å². The van der Waals surface area contributed by atoms with Crippen LogP contribution in [0.25, 0.3) is 0 Å². The van der Waals surface area contributed by atoms with Crippen molar-refractivity contribution in [1.82, 2.24) is 5.32 Å². The number of rotatable bonds is 7. The van der Waals surface area contributed by atoms with E-state index in [-0.39, 0.29) is 0 Å². The van der Waals surface area contributed by atoms with Crippen molar-refractivity contribution in [2.75, 3.05) is 13.1 Å². The number of benzene rings is 1. The van der Waals surface area contributed by atoms with Crippen LogP contribution in [0, 0.1) is 5.92 Å². The Morgan fingerprint density at radius 3 is 2.25 bits per heavy atom. The summed E-state index contributed by atoms with van der Waals surface area (Å²) in [6, 6.07) is 4.64. The van der Waals surface area contributed by atoms with Crippen LogP contribution >= 0.6 is 0 Å². The first-order valence-corrected chi connectivity index (χ1v) is 6.86. The van der Waals surface area contributed by atoms with Gasteiger partial charge in [0.2, 0.25) is 0 Å². The Hall–Kier alpha value is -1.07. The van der Waals surface area contributed by atoms with Crippen LogP contribution in [0.3, 0.4) is 0 Å². The highest BCUT2D eigenvalue weighted by molar-refractivity contribution is 5.26. The van der Waals surface area contributed by atoms with Crippen LogP contribution in [0.15, 0.2) is 24.3 Å². The molecule has 0 fully saturated rings. The molecule has 0 spiro atoms. The Kier molecular flexibility index (Phi) is 6.49. The summed E-state index contributed by atoms with van der Waals surface area (Å²) in [6.45, 7) is 5.45. The number of halogens is 3. The van der Waals surface area contributed by atoms with E-state index in [4.69, 9.17) is 0 Å². The summed E-state index contributed by atoms with van der Waals surface area (Å²) in [5.41, 5.74) is -0.201. The second-order valence-corrected chi connectivity index (χ2v) is 5.38. The van der Waals surface area contributed by atoms with Crippen molar-refractivity contribution in [3.8, 4) is 0 Å². The Balaban J connectivity index is 2.38. The summed E-state index contributed by atoms with van der Waals surface area (Å²) < 4.78 is 37.2. The Morgan fingerprint density at radius 1 is 1.15 bits per heavy atom. The zero-order valence-corrected chi connectivity index (χ0v) is 11.9. The molecule has 0 saturated carbocycles. The van der Waals surface area contributed by atoms with Crippen LogP contribution in [-0.4, -0.2) is 18.2 Å². The van der Waals surface area contributed by atoms with Gasteiger partial charge in [-0.25, -0.2) is 0 Å². The lowest BCUT2D eigenvalue weighted by atomic mass is 10.1. The molecule has 20 heavy (non-hydrogen) atoms. The van der Waals surface area contributed by atoms with Crippen LogP contribution in [0.2, 0.25) is 0 Å². The molecule has 0 aliphatic heterocycles. The van der Waals surface area contributed by atoms with Crippen molar-refractivity contribution in [3.05, 3.63) is 35.4 Å². The average Bonchev–Trinajstić information content (AvgIpc) is 2.37. The highest BCUT2D eigenvalue weighted by Gasteiger charge is 2.30. The molecule has 0 aliphatic rings. The Morgan fingerprint density at radius 2 is 1.75 bits per heavy atom. The molecule has 1 rings (SSSR count). The van der Waals surface area contributed by atoms with Crippen LogP contribution < -0.4 is 5.32 Å². The molecule has 2 nitrogen and oxygen atoms in total. The number of alkyl halides is 3. The number of hydrogen-bond acceptors (Lipinski definition) is 2. The molecule has 0 amide bonds. The van der Waals surface area contributed by atoms with Crippen molar-refractivity contribution in [2.45, 2.75) is 39.0 Å². The lowest BCUT2D eigenvalue weighted by Crippen LogP contribution is -2.22. The van der Waals surface area contributed by atoms with E-state index in [1.165, 1.54) is 12.1 Å². The van der Waals surface area contributed by atoms with Crippen molar-refractivity contribution in [2.24, 2.45) is 5.92 Å². The maximum absolute atomic E-state index is 12.4. The summed E-state index contributed by atoms with van der Waals surface area (Å²) in [5.74, 6) is 0.650. The van der Waals surface area contributed by atoms with E-state index < -0.39 is 17.8 Å². The number of aliphatic hydroxyl groups excluding tert-OH is 1. The minimum Gasteiger partial charge on any atom is -0.387 e. The molecule has 5 heteroatoms. The minimum atomic E-state index is -4.33. The lowest BCUT2D eigenvalue weighted by Gasteiger charge is -2.14. The van der Waals surface area contributed by atoms with Gasteiger partial charge in [-0.15, -0.1) is 0 Å². The number of aliphatic hydroxyl groups is 1.